The highest BCUT2D eigenvalue weighted by atomic mass is 32.2. The van der Waals surface area contributed by atoms with Gasteiger partial charge in [-0.05, 0) is 24.5 Å². The SMILES string of the molecule is NS(=O)(=O)c1cc(F)cc(C(=O)NCCC2CCC2)c1F. The van der Waals surface area contributed by atoms with Crippen LogP contribution in [-0.4, -0.2) is 20.9 Å². The Morgan fingerprint density at radius 3 is 2.52 bits per heavy atom. The fourth-order valence-corrected chi connectivity index (χ4v) is 2.84. The lowest BCUT2D eigenvalue weighted by molar-refractivity contribution is 0.0944. The number of rotatable bonds is 5. The molecule has 0 spiro atoms. The molecule has 1 aromatic rings. The summed E-state index contributed by atoms with van der Waals surface area (Å²) in [5, 5.41) is 7.26. The standard InChI is InChI=1S/C13H16F2N2O3S/c14-9-6-10(12(15)11(7-9)21(16,19)20)13(18)17-5-4-8-2-1-3-8/h6-8H,1-5H2,(H,17,18)(H2,16,19,20). The molecule has 1 amide bonds. The molecule has 0 heterocycles. The molecule has 1 aliphatic rings. The van der Waals surface area contributed by atoms with Gasteiger partial charge >= 0.3 is 0 Å². The molecule has 0 bridgehead atoms. The number of nitrogens with one attached hydrogen (secondary N) is 1. The average Bonchev–Trinajstić information content (AvgIpc) is 2.33. The molecule has 0 unspecified atom stereocenters. The Balaban J connectivity index is 2.14. The van der Waals surface area contributed by atoms with Crippen LogP contribution in [0, 0.1) is 17.6 Å². The van der Waals surface area contributed by atoms with Crippen LogP contribution in [0.5, 0.6) is 0 Å². The van der Waals surface area contributed by atoms with Crippen molar-refractivity contribution in [3.63, 3.8) is 0 Å². The van der Waals surface area contributed by atoms with Gasteiger partial charge in [0, 0.05) is 6.54 Å². The first-order valence-corrected chi connectivity index (χ1v) is 8.13. The third-order valence-corrected chi connectivity index (χ3v) is 4.53. The molecular formula is C13H16F2N2O3S. The van der Waals surface area contributed by atoms with Gasteiger partial charge in [-0.3, -0.25) is 4.79 Å². The van der Waals surface area contributed by atoms with Crippen LogP contribution in [0.15, 0.2) is 17.0 Å². The van der Waals surface area contributed by atoms with Crippen molar-refractivity contribution in [3.05, 3.63) is 29.3 Å². The van der Waals surface area contributed by atoms with E-state index in [9.17, 15) is 22.0 Å². The number of halogens is 2. The number of nitrogens with two attached hydrogens (primary N) is 1. The van der Waals surface area contributed by atoms with Crippen molar-refractivity contribution in [2.45, 2.75) is 30.6 Å². The van der Waals surface area contributed by atoms with Crippen molar-refractivity contribution >= 4 is 15.9 Å². The molecule has 21 heavy (non-hydrogen) atoms. The van der Waals surface area contributed by atoms with Crippen LogP contribution in [0.25, 0.3) is 0 Å². The van der Waals surface area contributed by atoms with Crippen LogP contribution in [-0.2, 0) is 10.0 Å². The molecule has 3 N–H and O–H groups in total. The maximum absolute atomic E-state index is 14.0. The average molecular weight is 318 g/mol. The number of benzene rings is 1. The molecule has 2 rings (SSSR count). The second-order valence-electron chi connectivity index (χ2n) is 5.15. The van der Waals surface area contributed by atoms with E-state index >= 15 is 0 Å². The molecule has 0 aliphatic heterocycles. The minimum Gasteiger partial charge on any atom is -0.352 e. The topological polar surface area (TPSA) is 89.3 Å². The van der Waals surface area contributed by atoms with E-state index in [1.54, 1.807) is 0 Å². The van der Waals surface area contributed by atoms with Gasteiger partial charge in [-0.2, -0.15) is 0 Å². The third-order valence-electron chi connectivity index (χ3n) is 3.62. The van der Waals surface area contributed by atoms with Crippen molar-refractivity contribution < 1.29 is 22.0 Å². The van der Waals surface area contributed by atoms with Gasteiger partial charge < -0.3 is 5.32 Å². The van der Waals surface area contributed by atoms with Crippen LogP contribution >= 0.6 is 0 Å². The van der Waals surface area contributed by atoms with E-state index < -0.39 is 38.0 Å². The van der Waals surface area contributed by atoms with Gasteiger partial charge in [0.1, 0.15) is 10.7 Å². The van der Waals surface area contributed by atoms with Gasteiger partial charge in [0.25, 0.3) is 5.91 Å². The summed E-state index contributed by atoms with van der Waals surface area (Å²) >= 11 is 0. The zero-order valence-corrected chi connectivity index (χ0v) is 12.1. The summed E-state index contributed by atoms with van der Waals surface area (Å²) in [6.45, 7) is 0.337. The third kappa shape index (κ3) is 3.76. The lowest BCUT2D eigenvalue weighted by Crippen LogP contribution is -2.29. The number of amides is 1. The van der Waals surface area contributed by atoms with E-state index in [2.05, 4.69) is 5.32 Å². The fourth-order valence-electron chi connectivity index (χ4n) is 2.20. The molecule has 1 fully saturated rings. The molecule has 0 atom stereocenters. The monoisotopic (exact) mass is 318 g/mol. The van der Waals surface area contributed by atoms with Crippen LogP contribution < -0.4 is 10.5 Å². The minimum atomic E-state index is -4.44. The lowest BCUT2D eigenvalue weighted by atomic mass is 9.83. The second-order valence-corrected chi connectivity index (χ2v) is 6.68. The first kappa shape index (κ1) is 15.8. The minimum absolute atomic E-state index is 0.337. The summed E-state index contributed by atoms with van der Waals surface area (Å²) in [7, 11) is -4.44. The Labute approximate surface area is 121 Å². The maximum Gasteiger partial charge on any atom is 0.254 e. The summed E-state index contributed by atoms with van der Waals surface area (Å²) in [5.74, 6) is -2.66. The lowest BCUT2D eigenvalue weighted by Gasteiger charge is -2.25. The molecule has 0 saturated heterocycles. The Hall–Kier alpha value is -1.54. The molecule has 116 valence electrons. The van der Waals surface area contributed by atoms with E-state index in [1.165, 1.54) is 6.42 Å². The van der Waals surface area contributed by atoms with Gasteiger partial charge in [-0.15, -0.1) is 0 Å². The predicted octanol–water partition coefficient (Wildman–Crippen LogP) is 1.53. The van der Waals surface area contributed by atoms with Gasteiger partial charge in [0.2, 0.25) is 10.0 Å². The molecule has 0 aromatic heterocycles. The van der Waals surface area contributed by atoms with Crippen molar-refractivity contribution in [2.75, 3.05) is 6.54 Å². The summed E-state index contributed by atoms with van der Waals surface area (Å²) in [6, 6.07) is 1.11. The highest BCUT2D eigenvalue weighted by molar-refractivity contribution is 7.89. The highest BCUT2D eigenvalue weighted by Gasteiger charge is 2.23. The smallest absolute Gasteiger partial charge is 0.254 e. The number of carbonyl (C=O) groups excluding carboxylic acids is 1. The zero-order chi connectivity index (χ0) is 15.6. The number of hydrogen-bond donors (Lipinski definition) is 2. The predicted molar refractivity (Wildman–Crippen MR) is 72.0 cm³/mol. The second kappa shape index (κ2) is 6.07. The van der Waals surface area contributed by atoms with Crippen LogP contribution in [0.1, 0.15) is 36.0 Å². The molecule has 1 saturated carbocycles. The summed E-state index contributed by atoms with van der Waals surface area (Å²) in [5.41, 5.74) is -0.660. The maximum atomic E-state index is 14.0. The summed E-state index contributed by atoms with van der Waals surface area (Å²) in [6.07, 6.45) is 4.17. The van der Waals surface area contributed by atoms with Crippen molar-refractivity contribution in [3.8, 4) is 0 Å². The van der Waals surface area contributed by atoms with E-state index in [1.807, 2.05) is 0 Å². The van der Waals surface area contributed by atoms with Gasteiger partial charge in [0.05, 0.1) is 5.56 Å². The number of carbonyl (C=O) groups is 1. The van der Waals surface area contributed by atoms with E-state index in [0.717, 1.165) is 19.3 Å². The number of hydrogen-bond acceptors (Lipinski definition) is 3. The van der Waals surface area contributed by atoms with Crippen LogP contribution in [0.4, 0.5) is 8.78 Å². The number of primary sulfonamides is 1. The highest BCUT2D eigenvalue weighted by Crippen LogP contribution is 2.28. The zero-order valence-electron chi connectivity index (χ0n) is 11.2. The molecular weight excluding hydrogens is 302 g/mol. The Morgan fingerprint density at radius 2 is 2.00 bits per heavy atom. The Morgan fingerprint density at radius 1 is 1.33 bits per heavy atom. The number of sulfonamides is 1. The van der Waals surface area contributed by atoms with Crippen LogP contribution in [0.2, 0.25) is 0 Å². The van der Waals surface area contributed by atoms with Crippen molar-refractivity contribution in [1.29, 1.82) is 0 Å². The first-order chi connectivity index (χ1) is 9.79. The van der Waals surface area contributed by atoms with E-state index in [0.29, 0.717) is 24.6 Å². The summed E-state index contributed by atoms with van der Waals surface area (Å²) in [4.78, 5) is 10.8. The van der Waals surface area contributed by atoms with E-state index in [4.69, 9.17) is 5.14 Å². The quantitative estimate of drug-likeness (QED) is 0.863. The van der Waals surface area contributed by atoms with Gasteiger partial charge in [-0.1, -0.05) is 19.3 Å². The molecule has 8 heteroatoms. The molecule has 1 aromatic carbocycles. The van der Waals surface area contributed by atoms with Gasteiger partial charge in [-0.25, -0.2) is 22.3 Å². The molecule has 5 nitrogen and oxygen atoms in total. The fraction of sp³-hybridized carbons (Fsp3) is 0.462. The van der Waals surface area contributed by atoms with Gasteiger partial charge in [0.15, 0.2) is 5.82 Å². The normalized spacial score (nSPS) is 15.6. The van der Waals surface area contributed by atoms with Crippen LogP contribution in [0.3, 0.4) is 0 Å². The largest absolute Gasteiger partial charge is 0.352 e. The Kier molecular flexibility index (Phi) is 4.58. The first-order valence-electron chi connectivity index (χ1n) is 6.59. The molecule has 1 aliphatic carbocycles. The van der Waals surface area contributed by atoms with E-state index in [-0.39, 0.29) is 0 Å². The molecule has 0 radical (unpaired) electrons. The Bertz CT molecular complexity index is 658. The van der Waals surface area contributed by atoms with Crippen molar-refractivity contribution in [1.82, 2.24) is 5.32 Å². The van der Waals surface area contributed by atoms with Crippen molar-refractivity contribution in [2.24, 2.45) is 11.1 Å². The summed E-state index contributed by atoms with van der Waals surface area (Å²) < 4.78 is 49.7.